The van der Waals surface area contributed by atoms with Gasteiger partial charge in [0.2, 0.25) is 0 Å². The fraction of sp³-hybridized carbons (Fsp3) is 0.222. The number of carbonyl (C=O) groups excluding carboxylic acids is 1. The van der Waals surface area contributed by atoms with Gasteiger partial charge in [0.25, 0.3) is 0 Å². The zero-order valence-corrected chi connectivity index (χ0v) is 19.1. The lowest BCUT2D eigenvalue weighted by atomic mass is 10.1. The number of hydrogen-bond donors (Lipinski definition) is 1. The maximum atomic E-state index is 12.2. The smallest absolute Gasteiger partial charge is 0.178 e. The molecule has 1 N–H and O–H groups in total. The number of terminal acetylenes is 1. The van der Waals surface area contributed by atoms with Gasteiger partial charge in [-0.1, -0.05) is 0 Å². The number of nitrogens with zero attached hydrogens (tertiary/aromatic N) is 2. The molecule has 0 saturated carbocycles. The molecule has 0 aliphatic rings. The Morgan fingerprint density at radius 3 is 2.65 bits per heavy atom. The standard InChI is InChI=1S/C27H25N3O4/c1-4-5-8-25(31)19-9-11-21(12-10-19)34-23-15-20(14-22(16-23)33-18(2)17-32-3)26-29-24-7-6-13-28-27(24)30-26/h1,6-7,9-16,18H,5,8,17H2,2-3H3,(H,28,29,30)/t18-/m0/s1. The van der Waals surface area contributed by atoms with Crippen molar-refractivity contribution in [3.8, 4) is 41.0 Å². The number of H-pyrrole nitrogens is 1. The van der Waals surface area contributed by atoms with E-state index in [9.17, 15) is 4.79 Å². The molecule has 0 amide bonds. The number of methoxy groups -OCH3 is 1. The van der Waals surface area contributed by atoms with Crippen LogP contribution in [0.15, 0.2) is 60.8 Å². The molecule has 2 aromatic heterocycles. The predicted molar refractivity (Wildman–Crippen MR) is 130 cm³/mol. The number of hydrogen-bond acceptors (Lipinski definition) is 6. The molecule has 0 bridgehead atoms. The van der Waals surface area contributed by atoms with E-state index < -0.39 is 0 Å². The monoisotopic (exact) mass is 455 g/mol. The molecule has 0 fully saturated rings. The Labute approximate surface area is 198 Å². The summed E-state index contributed by atoms with van der Waals surface area (Å²) in [7, 11) is 1.63. The maximum Gasteiger partial charge on any atom is 0.178 e. The van der Waals surface area contributed by atoms with Crippen LogP contribution >= 0.6 is 0 Å². The summed E-state index contributed by atoms with van der Waals surface area (Å²) in [5, 5.41) is 0. The van der Waals surface area contributed by atoms with Gasteiger partial charge in [0, 0.05) is 43.3 Å². The highest BCUT2D eigenvalue weighted by Crippen LogP contribution is 2.32. The van der Waals surface area contributed by atoms with Crippen molar-refractivity contribution in [2.75, 3.05) is 13.7 Å². The van der Waals surface area contributed by atoms with Gasteiger partial charge in [-0.3, -0.25) is 4.79 Å². The SMILES string of the molecule is C#CCCC(=O)c1ccc(Oc2cc(O[C@@H](C)COC)cc(-c3nc4ncccc4[nH]3)c2)cc1. The quantitative estimate of drug-likeness (QED) is 0.254. The molecular weight excluding hydrogens is 430 g/mol. The minimum atomic E-state index is -0.154. The van der Waals surface area contributed by atoms with Crippen molar-refractivity contribution in [2.24, 2.45) is 0 Å². The fourth-order valence-electron chi connectivity index (χ4n) is 3.49. The second-order valence-electron chi connectivity index (χ2n) is 7.79. The lowest BCUT2D eigenvalue weighted by molar-refractivity contribution is 0.0920. The average Bonchev–Trinajstić information content (AvgIpc) is 3.27. The van der Waals surface area contributed by atoms with Crippen LogP contribution in [0.2, 0.25) is 0 Å². The Kier molecular flexibility index (Phi) is 7.21. The van der Waals surface area contributed by atoms with Crippen molar-refractivity contribution in [3.05, 3.63) is 66.4 Å². The number of ketones is 1. The highest BCUT2D eigenvalue weighted by atomic mass is 16.5. The molecule has 4 aromatic rings. The van der Waals surface area contributed by atoms with Gasteiger partial charge < -0.3 is 19.2 Å². The van der Waals surface area contributed by atoms with E-state index in [0.717, 1.165) is 11.1 Å². The van der Waals surface area contributed by atoms with Crippen LogP contribution in [0.3, 0.4) is 0 Å². The van der Waals surface area contributed by atoms with E-state index >= 15 is 0 Å². The number of pyridine rings is 1. The molecule has 2 heterocycles. The summed E-state index contributed by atoms with van der Waals surface area (Å²) in [4.78, 5) is 24.3. The molecule has 7 nitrogen and oxygen atoms in total. The van der Waals surface area contributed by atoms with Crippen molar-refractivity contribution in [1.29, 1.82) is 0 Å². The topological polar surface area (TPSA) is 86.3 Å². The Morgan fingerprint density at radius 1 is 1.12 bits per heavy atom. The number of rotatable bonds is 10. The molecule has 0 aliphatic carbocycles. The van der Waals surface area contributed by atoms with E-state index in [0.29, 0.717) is 53.7 Å². The summed E-state index contributed by atoms with van der Waals surface area (Å²) in [5.74, 6) is 4.92. The van der Waals surface area contributed by atoms with E-state index in [1.807, 2.05) is 37.3 Å². The van der Waals surface area contributed by atoms with Crippen LogP contribution in [-0.4, -0.2) is 40.6 Å². The van der Waals surface area contributed by atoms with Crippen LogP contribution in [0.25, 0.3) is 22.6 Å². The third-order valence-electron chi connectivity index (χ3n) is 5.06. The highest BCUT2D eigenvalue weighted by Gasteiger charge is 2.13. The van der Waals surface area contributed by atoms with Crippen LogP contribution < -0.4 is 9.47 Å². The Morgan fingerprint density at radius 2 is 1.91 bits per heavy atom. The van der Waals surface area contributed by atoms with E-state index in [4.69, 9.17) is 20.6 Å². The Bertz CT molecular complexity index is 1290. The lowest BCUT2D eigenvalue weighted by Crippen LogP contribution is -2.17. The van der Waals surface area contributed by atoms with Crippen LogP contribution in [0.1, 0.15) is 30.1 Å². The number of benzene rings is 2. The molecule has 172 valence electrons. The molecule has 1 atom stereocenters. The van der Waals surface area contributed by atoms with E-state index in [2.05, 4.69) is 20.9 Å². The number of carbonyl (C=O) groups is 1. The molecule has 4 rings (SSSR count). The van der Waals surface area contributed by atoms with Gasteiger partial charge in [0.05, 0.1) is 12.1 Å². The summed E-state index contributed by atoms with van der Waals surface area (Å²) in [6.07, 6.45) is 7.55. The number of nitrogens with one attached hydrogen (secondary N) is 1. The first-order chi connectivity index (χ1) is 16.6. The lowest BCUT2D eigenvalue weighted by Gasteiger charge is -2.16. The number of aromatic amines is 1. The minimum Gasteiger partial charge on any atom is -0.488 e. The van der Waals surface area contributed by atoms with Crippen LogP contribution in [0.4, 0.5) is 0 Å². The molecule has 2 aromatic carbocycles. The molecular formula is C27H25N3O4. The molecule has 0 radical (unpaired) electrons. The van der Waals surface area contributed by atoms with Crippen LogP contribution in [-0.2, 0) is 4.74 Å². The predicted octanol–water partition coefficient (Wildman–Crippen LogP) is 5.43. The summed E-state index contributed by atoms with van der Waals surface area (Å²) in [6.45, 7) is 2.38. The summed E-state index contributed by atoms with van der Waals surface area (Å²) in [5.41, 5.74) is 2.85. The number of ether oxygens (including phenoxy) is 3. The first kappa shape index (κ1) is 23.0. The van der Waals surface area contributed by atoms with Gasteiger partial charge in [-0.2, -0.15) is 0 Å². The molecule has 0 unspecified atom stereocenters. The zero-order valence-electron chi connectivity index (χ0n) is 19.1. The van der Waals surface area contributed by atoms with Gasteiger partial charge in [-0.25, -0.2) is 9.97 Å². The molecule has 34 heavy (non-hydrogen) atoms. The largest absolute Gasteiger partial charge is 0.488 e. The van der Waals surface area contributed by atoms with E-state index in [-0.39, 0.29) is 11.9 Å². The van der Waals surface area contributed by atoms with Gasteiger partial charge >= 0.3 is 0 Å². The second-order valence-corrected chi connectivity index (χ2v) is 7.79. The zero-order chi connectivity index (χ0) is 23.9. The maximum absolute atomic E-state index is 12.2. The van der Waals surface area contributed by atoms with Crippen molar-refractivity contribution in [1.82, 2.24) is 15.0 Å². The second kappa shape index (κ2) is 10.6. The number of Topliss-reactive ketones (excluding diaryl/α,β-unsaturated/α-hetero) is 1. The first-order valence-electron chi connectivity index (χ1n) is 10.9. The van der Waals surface area contributed by atoms with Crippen LogP contribution in [0, 0.1) is 12.3 Å². The molecule has 0 aliphatic heterocycles. The fourth-order valence-corrected chi connectivity index (χ4v) is 3.49. The number of aromatic nitrogens is 3. The van der Waals surface area contributed by atoms with Crippen molar-refractivity contribution < 1.29 is 19.0 Å². The van der Waals surface area contributed by atoms with Crippen molar-refractivity contribution in [3.63, 3.8) is 0 Å². The molecule has 0 spiro atoms. The van der Waals surface area contributed by atoms with E-state index in [1.165, 1.54) is 0 Å². The van der Waals surface area contributed by atoms with Crippen molar-refractivity contribution >= 4 is 16.9 Å². The van der Waals surface area contributed by atoms with Gasteiger partial charge in [-0.15, -0.1) is 12.3 Å². The first-order valence-corrected chi connectivity index (χ1v) is 10.9. The number of imidazole rings is 1. The Hall–Kier alpha value is -4.15. The number of fused-ring (bicyclic) bond motifs is 1. The molecule has 0 saturated heterocycles. The van der Waals surface area contributed by atoms with E-state index in [1.54, 1.807) is 37.6 Å². The minimum absolute atomic E-state index is 0.00723. The summed E-state index contributed by atoms with van der Waals surface area (Å²) >= 11 is 0. The highest BCUT2D eigenvalue weighted by molar-refractivity contribution is 5.96. The summed E-state index contributed by atoms with van der Waals surface area (Å²) < 4.78 is 17.3. The van der Waals surface area contributed by atoms with Gasteiger partial charge in [0.1, 0.15) is 29.2 Å². The van der Waals surface area contributed by atoms with Crippen LogP contribution in [0.5, 0.6) is 17.2 Å². The Balaban J connectivity index is 1.62. The van der Waals surface area contributed by atoms with Gasteiger partial charge in [-0.05, 0) is 55.5 Å². The third kappa shape index (κ3) is 5.61. The van der Waals surface area contributed by atoms with Crippen molar-refractivity contribution in [2.45, 2.75) is 25.9 Å². The normalized spacial score (nSPS) is 11.7. The van der Waals surface area contributed by atoms with Gasteiger partial charge in [0.15, 0.2) is 11.4 Å². The molecule has 7 heteroatoms. The average molecular weight is 456 g/mol. The summed E-state index contributed by atoms with van der Waals surface area (Å²) in [6, 6.07) is 16.3. The third-order valence-corrected chi connectivity index (χ3v) is 5.06.